The smallest absolute Gasteiger partial charge is 0.258 e. The maximum atomic E-state index is 12.0. The molecular weight excluding hydrogens is 314 g/mol. The topological polar surface area (TPSA) is 150 Å². The summed E-state index contributed by atoms with van der Waals surface area (Å²) in [5.74, 6) is -0.916. The van der Waals surface area contributed by atoms with E-state index in [2.05, 4.69) is 9.97 Å². The van der Waals surface area contributed by atoms with Crippen LogP contribution in [0.25, 0.3) is 0 Å². The molecule has 2 rings (SSSR count). The Morgan fingerprint density at radius 2 is 2.00 bits per heavy atom. The molecule has 1 unspecified atom stereocenters. The number of nitrogen functional groups attached to an aromatic ring is 2. The highest BCUT2D eigenvalue weighted by Crippen LogP contribution is 2.21. The zero-order valence-electron chi connectivity index (χ0n) is 13.0. The van der Waals surface area contributed by atoms with Gasteiger partial charge in [-0.05, 0) is 12.0 Å². The number of aromatic nitrogens is 2. The van der Waals surface area contributed by atoms with E-state index in [1.54, 1.807) is 0 Å². The number of benzene rings is 1. The molecule has 128 valence electrons. The van der Waals surface area contributed by atoms with Crippen molar-refractivity contribution in [2.75, 3.05) is 24.6 Å². The Labute approximate surface area is 137 Å². The summed E-state index contributed by atoms with van der Waals surface area (Å²) in [7, 11) is 0. The molecule has 1 aromatic carbocycles. The van der Waals surface area contributed by atoms with Crippen LogP contribution in [0, 0.1) is 10.1 Å². The van der Waals surface area contributed by atoms with Crippen molar-refractivity contribution >= 4 is 11.8 Å². The van der Waals surface area contributed by atoms with Crippen molar-refractivity contribution in [3.05, 3.63) is 61.9 Å². The van der Waals surface area contributed by atoms with Crippen LogP contribution < -0.4 is 17.0 Å². The monoisotopic (exact) mass is 333 g/mol. The summed E-state index contributed by atoms with van der Waals surface area (Å²) in [6, 6.07) is 9.53. The summed E-state index contributed by atoms with van der Waals surface area (Å²) in [6.45, 7) is 0.197. The van der Waals surface area contributed by atoms with Crippen LogP contribution >= 0.6 is 0 Å². The van der Waals surface area contributed by atoms with Crippen molar-refractivity contribution in [3.8, 4) is 0 Å². The van der Waals surface area contributed by atoms with Gasteiger partial charge in [-0.2, -0.15) is 4.98 Å². The molecule has 0 saturated carbocycles. The van der Waals surface area contributed by atoms with Gasteiger partial charge in [-0.1, -0.05) is 30.3 Å². The molecule has 2 aromatic rings. The lowest BCUT2D eigenvalue weighted by Gasteiger charge is -2.14. The van der Waals surface area contributed by atoms with Gasteiger partial charge in [0.1, 0.15) is 5.82 Å². The molecule has 24 heavy (non-hydrogen) atoms. The van der Waals surface area contributed by atoms with E-state index in [-0.39, 0.29) is 30.4 Å². The van der Waals surface area contributed by atoms with E-state index < -0.39 is 22.9 Å². The summed E-state index contributed by atoms with van der Waals surface area (Å²) in [6.07, 6.45) is 0.271. The highest BCUT2D eigenvalue weighted by Gasteiger charge is 2.24. The van der Waals surface area contributed by atoms with Crippen LogP contribution in [0.5, 0.6) is 0 Å². The molecular formula is C15H19N5O4. The number of hydrogen-bond acceptors (Lipinski definition) is 7. The van der Waals surface area contributed by atoms with Crippen molar-refractivity contribution in [1.29, 1.82) is 0 Å². The normalized spacial score (nSPS) is 12.0. The lowest BCUT2D eigenvalue weighted by molar-refractivity contribution is -0.483. The fourth-order valence-electron chi connectivity index (χ4n) is 2.41. The molecule has 9 nitrogen and oxygen atoms in total. The first-order valence-corrected chi connectivity index (χ1v) is 7.36. The largest absolute Gasteiger partial charge is 0.383 e. The van der Waals surface area contributed by atoms with E-state index in [1.165, 1.54) is 0 Å². The second-order valence-electron chi connectivity index (χ2n) is 5.29. The Bertz CT molecular complexity index is 747. The predicted molar refractivity (Wildman–Crippen MR) is 89.0 cm³/mol. The number of H-pyrrole nitrogens is 1. The third-order valence-electron chi connectivity index (χ3n) is 3.50. The molecule has 9 heteroatoms. The van der Waals surface area contributed by atoms with E-state index in [1.807, 2.05) is 30.3 Å². The first-order valence-electron chi connectivity index (χ1n) is 7.36. The number of aromatic amines is 1. The predicted octanol–water partition coefficient (Wildman–Crippen LogP) is 0.901. The van der Waals surface area contributed by atoms with Gasteiger partial charge in [0.25, 0.3) is 5.56 Å². The maximum absolute atomic E-state index is 12.0. The average Bonchev–Trinajstić information content (AvgIpc) is 2.50. The van der Waals surface area contributed by atoms with Gasteiger partial charge >= 0.3 is 0 Å². The number of hydrogen-bond donors (Lipinski definition) is 3. The number of anilines is 2. The number of ether oxygens (including phenoxy) is 1. The fraction of sp³-hybridized carbons (Fsp3) is 0.333. The van der Waals surface area contributed by atoms with E-state index in [9.17, 15) is 14.9 Å². The molecule has 0 radical (unpaired) electrons. The molecule has 0 saturated heterocycles. The van der Waals surface area contributed by atoms with E-state index in [4.69, 9.17) is 16.2 Å². The second kappa shape index (κ2) is 8.06. The van der Waals surface area contributed by atoms with E-state index >= 15 is 0 Å². The summed E-state index contributed by atoms with van der Waals surface area (Å²) >= 11 is 0. The Morgan fingerprint density at radius 1 is 1.29 bits per heavy atom. The van der Waals surface area contributed by atoms with Crippen LogP contribution in [0.1, 0.15) is 23.5 Å². The molecule has 0 aliphatic carbocycles. The highest BCUT2D eigenvalue weighted by atomic mass is 16.6. The zero-order chi connectivity index (χ0) is 17.5. The van der Waals surface area contributed by atoms with Crippen LogP contribution in [-0.4, -0.2) is 28.0 Å². The molecule has 0 fully saturated rings. The molecule has 0 amide bonds. The zero-order valence-corrected chi connectivity index (χ0v) is 13.0. The third kappa shape index (κ3) is 4.78. The maximum Gasteiger partial charge on any atom is 0.258 e. The van der Waals surface area contributed by atoms with E-state index in [0.29, 0.717) is 6.61 Å². The lowest BCUT2D eigenvalue weighted by Crippen LogP contribution is -2.26. The Balaban J connectivity index is 2.04. The highest BCUT2D eigenvalue weighted by molar-refractivity contribution is 5.43. The van der Waals surface area contributed by atoms with Gasteiger partial charge in [0.15, 0.2) is 0 Å². The molecule has 1 aromatic heterocycles. The standard InChI is InChI=1S/C15H19N5O4/c16-13-12(14(21)19-15(17)18-13)11(8-20(22)23)6-7-24-9-10-4-2-1-3-5-10/h1-5,11H,6-9H2,(H5,16,17,18,19,21). The quantitative estimate of drug-likeness (QED) is 0.369. The molecule has 0 aliphatic heterocycles. The summed E-state index contributed by atoms with van der Waals surface area (Å²) in [5.41, 5.74) is 11.6. The first kappa shape index (κ1) is 17.4. The lowest BCUT2D eigenvalue weighted by atomic mass is 9.97. The van der Waals surface area contributed by atoms with Gasteiger partial charge in [0.05, 0.1) is 18.1 Å². The Morgan fingerprint density at radius 3 is 2.62 bits per heavy atom. The van der Waals surface area contributed by atoms with E-state index in [0.717, 1.165) is 5.56 Å². The molecule has 0 aliphatic rings. The Kier molecular flexibility index (Phi) is 5.85. The molecule has 5 N–H and O–H groups in total. The van der Waals surface area contributed by atoms with Gasteiger partial charge in [-0.3, -0.25) is 19.9 Å². The minimum absolute atomic E-state index is 0.0733. The van der Waals surface area contributed by atoms with Crippen molar-refractivity contribution in [2.24, 2.45) is 0 Å². The van der Waals surface area contributed by atoms with Gasteiger partial charge in [0, 0.05) is 11.5 Å². The molecule has 0 spiro atoms. The first-order chi connectivity index (χ1) is 11.5. The third-order valence-corrected chi connectivity index (χ3v) is 3.50. The molecule has 1 heterocycles. The fourth-order valence-corrected chi connectivity index (χ4v) is 2.41. The number of nitro groups is 1. The molecule has 0 bridgehead atoms. The van der Waals surface area contributed by atoms with Crippen molar-refractivity contribution < 1.29 is 9.66 Å². The minimum Gasteiger partial charge on any atom is -0.383 e. The van der Waals surface area contributed by atoms with Gasteiger partial charge in [-0.15, -0.1) is 0 Å². The van der Waals surface area contributed by atoms with Crippen molar-refractivity contribution in [1.82, 2.24) is 9.97 Å². The number of nitrogens with two attached hydrogens (primary N) is 2. The number of nitrogens with one attached hydrogen (secondary N) is 1. The van der Waals surface area contributed by atoms with Gasteiger partial charge < -0.3 is 16.2 Å². The van der Waals surface area contributed by atoms with Crippen LogP contribution in [0.15, 0.2) is 35.1 Å². The minimum atomic E-state index is -0.701. The molecule has 1 atom stereocenters. The average molecular weight is 333 g/mol. The SMILES string of the molecule is Nc1nc(N)c(C(CCOCc2ccccc2)C[N+](=O)[O-])c(=O)[nH]1. The summed E-state index contributed by atoms with van der Waals surface area (Å²) < 4.78 is 5.54. The van der Waals surface area contributed by atoms with Crippen molar-refractivity contribution in [2.45, 2.75) is 18.9 Å². The second-order valence-corrected chi connectivity index (χ2v) is 5.29. The summed E-state index contributed by atoms with van der Waals surface area (Å²) in [5, 5.41) is 10.9. The number of rotatable bonds is 8. The summed E-state index contributed by atoms with van der Waals surface area (Å²) in [4.78, 5) is 28.5. The number of nitrogens with zero attached hydrogens (tertiary/aromatic N) is 2. The van der Waals surface area contributed by atoms with Crippen LogP contribution in [0.3, 0.4) is 0 Å². The van der Waals surface area contributed by atoms with Crippen LogP contribution in [-0.2, 0) is 11.3 Å². The Hall–Kier alpha value is -2.94. The van der Waals surface area contributed by atoms with Crippen LogP contribution in [0.2, 0.25) is 0 Å². The van der Waals surface area contributed by atoms with Crippen molar-refractivity contribution in [3.63, 3.8) is 0 Å². The van der Waals surface area contributed by atoms with Gasteiger partial charge in [-0.25, -0.2) is 0 Å². The van der Waals surface area contributed by atoms with Crippen LogP contribution in [0.4, 0.5) is 11.8 Å². The van der Waals surface area contributed by atoms with Gasteiger partial charge in [0.2, 0.25) is 12.5 Å².